The third-order valence-electron chi connectivity index (χ3n) is 3.86. The van der Waals surface area contributed by atoms with Gasteiger partial charge in [-0.2, -0.15) is 0 Å². The summed E-state index contributed by atoms with van der Waals surface area (Å²) in [6.07, 6.45) is 4.23. The standard InChI is InChI=1S/C19H19ClN4O/c1-2-16-11-18(24-19(22-16)14-7-9-21-10-8-14)23-17(12-25)13-3-5-15(20)6-4-13/h3-11,17,25H,2,12H2,1H3,(H,22,23,24). The number of pyridine rings is 1. The molecule has 0 aliphatic heterocycles. The molecular weight excluding hydrogens is 336 g/mol. The summed E-state index contributed by atoms with van der Waals surface area (Å²) in [5.41, 5.74) is 2.77. The van der Waals surface area contributed by atoms with Gasteiger partial charge in [0.25, 0.3) is 0 Å². The fourth-order valence-electron chi connectivity index (χ4n) is 2.49. The van der Waals surface area contributed by atoms with Crippen molar-refractivity contribution in [1.82, 2.24) is 15.0 Å². The number of hydrogen-bond acceptors (Lipinski definition) is 5. The summed E-state index contributed by atoms with van der Waals surface area (Å²) in [4.78, 5) is 13.2. The Morgan fingerprint density at radius 1 is 1.08 bits per heavy atom. The molecule has 0 aliphatic rings. The van der Waals surface area contributed by atoms with Gasteiger partial charge in [-0.3, -0.25) is 4.98 Å². The summed E-state index contributed by atoms with van der Waals surface area (Å²) in [6, 6.07) is 12.8. The van der Waals surface area contributed by atoms with Crippen molar-refractivity contribution >= 4 is 17.4 Å². The highest BCUT2D eigenvalue weighted by Crippen LogP contribution is 2.23. The average molecular weight is 355 g/mol. The van der Waals surface area contributed by atoms with Crippen LogP contribution in [-0.4, -0.2) is 26.7 Å². The molecule has 0 amide bonds. The monoisotopic (exact) mass is 354 g/mol. The summed E-state index contributed by atoms with van der Waals surface area (Å²) in [7, 11) is 0. The maximum atomic E-state index is 9.78. The number of aromatic nitrogens is 3. The minimum atomic E-state index is -0.276. The van der Waals surface area contributed by atoms with Crippen LogP contribution in [0.5, 0.6) is 0 Å². The van der Waals surface area contributed by atoms with Gasteiger partial charge in [-0.25, -0.2) is 9.97 Å². The van der Waals surface area contributed by atoms with Crippen molar-refractivity contribution in [3.05, 3.63) is 71.1 Å². The van der Waals surface area contributed by atoms with Gasteiger partial charge < -0.3 is 10.4 Å². The van der Waals surface area contributed by atoms with E-state index in [0.29, 0.717) is 16.7 Å². The van der Waals surface area contributed by atoms with Crippen LogP contribution in [0.15, 0.2) is 54.9 Å². The Morgan fingerprint density at radius 3 is 2.44 bits per heavy atom. The van der Waals surface area contributed by atoms with Gasteiger partial charge in [0.2, 0.25) is 0 Å². The zero-order chi connectivity index (χ0) is 17.6. The van der Waals surface area contributed by atoms with Crippen molar-refractivity contribution < 1.29 is 5.11 Å². The number of anilines is 1. The van der Waals surface area contributed by atoms with E-state index in [1.54, 1.807) is 24.5 Å². The van der Waals surface area contributed by atoms with Gasteiger partial charge in [0.05, 0.1) is 12.6 Å². The molecule has 5 nitrogen and oxygen atoms in total. The van der Waals surface area contributed by atoms with Gasteiger partial charge in [0, 0.05) is 34.7 Å². The Morgan fingerprint density at radius 2 is 1.80 bits per heavy atom. The second-order valence-electron chi connectivity index (χ2n) is 5.59. The van der Waals surface area contributed by atoms with Gasteiger partial charge >= 0.3 is 0 Å². The van der Waals surface area contributed by atoms with E-state index in [0.717, 1.165) is 23.2 Å². The Kier molecular flexibility index (Phi) is 5.58. The number of nitrogens with one attached hydrogen (secondary N) is 1. The van der Waals surface area contributed by atoms with E-state index in [1.165, 1.54) is 0 Å². The first-order valence-electron chi connectivity index (χ1n) is 8.11. The lowest BCUT2D eigenvalue weighted by Crippen LogP contribution is -2.16. The molecule has 0 fully saturated rings. The maximum Gasteiger partial charge on any atom is 0.161 e. The summed E-state index contributed by atoms with van der Waals surface area (Å²) >= 11 is 5.94. The number of hydrogen-bond donors (Lipinski definition) is 2. The molecule has 1 aromatic carbocycles. The first-order chi connectivity index (χ1) is 12.2. The van der Waals surface area contributed by atoms with Gasteiger partial charge in [-0.1, -0.05) is 30.7 Å². The molecule has 2 N–H and O–H groups in total. The van der Waals surface area contributed by atoms with Crippen LogP contribution >= 0.6 is 11.6 Å². The number of aliphatic hydroxyl groups excluding tert-OH is 1. The molecule has 3 aromatic rings. The third-order valence-corrected chi connectivity index (χ3v) is 4.11. The second kappa shape index (κ2) is 8.05. The lowest BCUT2D eigenvalue weighted by Gasteiger charge is -2.18. The SMILES string of the molecule is CCc1cc(NC(CO)c2ccc(Cl)cc2)nc(-c2ccncc2)n1. The summed E-state index contributed by atoms with van der Waals surface area (Å²) in [6.45, 7) is 1.99. The average Bonchev–Trinajstić information content (AvgIpc) is 2.67. The number of rotatable bonds is 6. The third kappa shape index (κ3) is 4.32. The van der Waals surface area contributed by atoms with E-state index in [2.05, 4.69) is 20.3 Å². The fourth-order valence-corrected chi connectivity index (χ4v) is 2.62. The lowest BCUT2D eigenvalue weighted by atomic mass is 10.1. The minimum absolute atomic E-state index is 0.0579. The lowest BCUT2D eigenvalue weighted by molar-refractivity contribution is 0.276. The summed E-state index contributed by atoms with van der Waals surface area (Å²) in [5, 5.41) is 13.7. The molecule has 6 heteroatoms. The number of nitrogens with zero attached hydrogens (tertiary/aromatic N) is 3. The van der Waals surface area contributed by atoms with Crippen LogP contribution in [-0.2, 0) is 6.42 Å². The second-order valence-corrected chi connectivity index (χ2v) is 6.03. The molecule has 3 rings (SSSR count). The first-order valence-corrected chi connectivity index (χ1v) is 8.48. The molecule has 0 saturated heterocycles. The zero-order valence-corrected chi connectivity index (χ0v) is 14.6. The van der Waals surface area contributed by atoms with Crippen molar-refractivity contribution in [2.24, 2.45) is 0 Å². The first kappa shape index (κ1) is 17.3. The number of aliphatic hydroxyl groups is 1. The van der Waals surface area contributed by atoms with E-state index in [9.17, 15) is 5.11 Å². The van der Waals surface area contributed by atoms with Crippen molar-refractivity contribution in [3.8, 4) is 11.4 Å². The Bertz CT molecular complexity index is 825. The van der Waals surface area contributed by atoms with Crippen LogP contribution in [0.25, 0.3) is 11.4 Å². The van der Waals surface area contributed by atoms with Crippen LogP contribution < -0.4 is 5.32 Å². The van der Waals surface area contributed by atoms with Gasteiger partial charge in [-0.05, 0) is 36.2 Å². The minimum Gasteiger partial charge on any atom is -0.394 e. The number of aryl methyl sites for hydroxylation is 1. The molecule has 0 saturated carbocycles. The molecule has 1 atom stereocenters. The number of halogens is 1. The van der Waals surface area contributed by atoms with Crippen molar-refractivity contribution in [1.29, 1.82) is 0 Å². The molecule has 2 aromatic heterocycles. The van der Waals surface area contributed by atoms with Gasteiger partial charge in [0.15, 0.2) is 5.82 Å². The van der Waals surface area contributed by atoms with Gasteiger partial charge in [-0.15, -0.1) is 0 Å². The van der Waals surface area contributed by atoms with Crippen LogP contribution in [0, 0.1) is 0 Å². The predicted octanol–water partition coefficient (Wildman–Crippen LogP) is 3.90. The highest BCUT2D eigenvalue weighted by atomic mass is 35.5. The summed E-state index contributed by atoms with van der Waals surface area (Å²) < 4.78 is 0. The van der Waals surface area contributed by atoms with Crippen molar-refractivity contribution in [3.63, 3.8) is 0 Å². The zero-order valence-electron chi connectivity index (χ0n) is 13.9. The summed E-state index contributed by atoms with van der Waals surface area (Å²) in [5.74, 6) is 1.31. The largest absolute Gasteiger partial charge is 0.394 e. The van der Waals surface area contributed by atoms with Gasteiger partial charge in [0.1, 0.15) is 5.82 Å². The normalized spacial score (nSPS) is 12.0. The van der Waals surface area contributed by atoms with Crippen LogP contribution in [0.1, 0.15) is 24.2 Å². The molecule has 0 aliphatic carbocycles. The van der Waals surface area contributed by atoms with Crippen LogP contribution in [0.4, 0.5) is 5.82 Å². The Hall–Kier alpha value is -2.50. The fraction of sp³-hybridized carbons (Fsp3) is 0.211. The quantitative estimate of drug-likeness (QED) is 0.702. The van der Waals surface area contributed by atoms with Crippen molar-refractivity contribution in [2.45, 2.75) is 19.4 Å². The topological polar surface area (TPSA) is 70.9 Å². The molecule has 0 spiro atoms. The molecule has 0 radical (unpaired) electrons. The van der Waals surface area contributed by atoms with Crippen molar-refractivity contribution in [2.75, 3.05) is 11.9 Å². The van der Waals surface area contributed by atoms with E-state index in [-0.39, 0.29) is 12.6 Å². The molecule has 25 heavy (non-hydrogen) atoms. The predicted molar refractivity (Wildman–Crippen MR) is 99.5 cm³/mol. The van der Waals surface area contributed by atoms with Crippen LogP contribution in [0.2, 0.25) is 5.02 Å². The van der Waals surface area contributed by atoms with E-state index < -0.39 is 0 Å². The highest BCUT2D eigenvalue weighted by molar-refractivity contribution is 6.30. The van der Waals surface area contributed by atoms with E-state index in [1.807, 2.05) is 37.3 Å². The Balaban J connectivity index is 1.91. The maximum absolute atomic E-state index is 9.78. The molecular formula is C19H19ClN4O. The smallest absolute Gasteiger partial charge is 0.161 e. The van der Waals surface area contributed by atoms with E-state index in [4.69, 9.17) is 11.6 Å². The van der Waals surface area contributed by atoms with Crippen LogP contribution in [0.3, 0.4) is 0 Å². The number of benzene rings is 1. The highest BCUT2D eigenvalue weighted by Gasteiger charge is 2.13. The molecule has 2 heterocycles. The molecule has 0 bridgehead atoms. The molecule has 1 unspecified atom stereocenters. The molecule has 128 valence electrons. The Labute approximate surface area is 151 Å². The van der Waals surface area contributed by atoms with E-state index >= 15 is 0 Å².